The number of carbonyl (C=O) groups excluding carboxylic acids is 2. The van der Waals surface area contributed by atoms with Gasteiger partial charge in [-0.05, 0) is 60.8 Å². The molecule has 1 aromatic rings. The molecule has 1 heterocycles. The third-order valence-corrected chi connectivity index (χ3v) is 3.86. The molecule has 27 heavy (non-hydrogen) atoms. The second kappa shape index (κ2) is 7.80. The van der Waals surface area contributed by atoms with Gasteiger partial charge in [-0.1, -0.05) is 0 Å². The molecule has 0 aromatic carbocycles. The molecule has 8 heteroatoms. The fraction of sp³-hybridized carbons (Fsp3) is 0.684. The van der Waals surface area contributed by atoms with Crippen LogP contribution in [0.4, 0.5) is 15.4 Å². The van der Waals surface area contributed by atoms with Crippen LogP contribution in [0.3, 0.4) is 0 Å². The predicted octanol–water partition coefficient (Wildman–Crippen LogP) is 3.78. The van der Waals surface area contributed by atoms with E-state index >= 15 is 0 Å². The number of imide groups is 1. The van der Waals surface area contributed by atoms with Crippen LogP contribution >= 0.6 is 0 Å². The van der Waals surface area contributed by atoms with E-state index in [1.165, 1.54) is 12.4 Å². The van der Waals surface area contributed by atoms with E-state index in [0.717, 1.165) is 23.4 Å². The highest BCUT2D eigenvalue weighted by molar-refractivity contribution is 6.08. The van der Waals surface area contributed by atoms with Gasteiger partial charge in [-0.25, -0.2) is 14.6 Å². The molecule has 1 N–H and O–H groups in total. The molecule has 1 aromatic heterocycles. The van der Waals surface area contributed by atoms with Gasteiger partial charge in [-0.2, -0.15) is 4.90 Å². The minimum atomic E-state index is -0.880. The predicted molar refractivity (Wildman–Crippen MR) is 99.6 cm³/mol. The average molecular weight is 379 g/mol. The van der Waals surface area contributed by atoms with E-state index in [1.807, 2.05) is 0 Å². The Balaban J connectivity index is 2.26. The van der Waals surface area contributed by atoms with E-state index in [9.17, 15) is 14.7 Å². The number of ether oxygens (including phenoxy) is 2. The molecule has 0 bridgehead atoms. The molecule has 0 spiro atoms. The van der Waals surface area contributed by atoms with Crippen LogP contribution in [-0.4, -0.2) is 44.6 Å². The van der Waals surface area contributed by atoms with Crippen LogP contribution in [0.15, 0.2) is 12.4 Å². The summed E-state index contributed by atoms with van der Waals surface area (Å²) in [5.41, 5.74) is -0.848. The monoisotopic (exact) mass is 379 g/mol. The van der Waals surface area contributed by atoms with E-state index in [4.69, 9.17) is 9.47 Å². The fourth-order valence-electron chi connectivity index (χ4n) is 2.76. The third-order valence-electron chi connectivity index (χ3n) is 3.86. The first-order valence-corrected chi connectivity index (χ1v) is 9.12. The van der Waals surface area contributed by atoms with Gasteiger partial charge in [0.15, 0.2) is 5.82 Å². The van der Waals surface area contributed by atoms with Crippen molar-refractivity contribution in [2.75, 3.05) is 4.90 Å². The molecule has 0 unspecified atom stereocenters. The Morgan fingerprint density at radius 3 is 1.93 bits per heavy atom. The molecule has 2 rings (SSSR count). The number of amides is 2. The molecule has 2 atom stereocenters. The maximum absolute atomic E-state index is 12.6. The maximum Gasteiger partial charge on any atom is 0.425 e. The van der Waals surface area contributed by atoms with E-state index < -0.39 is 23.4 Å². The lowest BCUT2D eigenvalue weighted by Gasteiger charge is -2.28. The Morgan fingerprint density at radius 1 is 1.00 bits per heavy atom. The van der Waals surface area contributed by atoms with Crippen LogP contribution in [0.25, 0.3) is 0 Å². The number of hydrogen-bond donors (Lipinski definition) is 1. The van der Waals surface area contributed by atoms with Crippen LogP contribution in [0.1, 0.15) is 72.4 Å². The van der Waals surface area contributed by atoms with E-state index in [1.54, 1.807) is 41.5 Å². The van der Waals surface area contributed by atoms with Crippen LogP contribution in [0, 0.1) is 0 Å². The first kappa shape index (κ1) is 21.1. The van der Waals surface area contributed by atoms with Crippen LogP contribution in [-0.2, 0) is 9.47 Å². The van der Waals surface area contributed by atoms with Crippen LogP contribution in [0.2, 0.25) is 0 Å². The summed E-state index contributed by atoms with van der Waals surface area (Å²) >= 11 is 0. The SMILES string of the molecule is CC(C)(C)OC(=O)N(C(=O)OC(C)(C)C)c1cnc([C@@H]2CC[C@H](O)C2)cn1. The van der Waals surface area contributed by atoms with Crippen molar-refractivity contribution in [1.82, 2.24) is 9.97 Å². The Morgan fingerprint density at radius 2 is 1.56 bits per heavy atom. The lowest BCUT2D eigenvalue weighted by atomic mass is 10.0. The summed E-state index contributed by atoms with van der Waals surface area (Å²) in [6.45, 7) is 10.2. The van der Waals surface area contributed by atoms with Crippen LogP contribution in [0.5, 0.6) is 0 Å². The normalized spacial score (nSPS) is 20.3. The molecule has 0 saturated heterocycles. The standard InChI is InChI=1S/C19H29N3O5/c1-18(2,3)26-16(24)22(17(25)27-19(4,5)6)15-11-20-14(10-21-15)12-7-8-13(23)9-12/h10-13,23H,7-9H2,1-6H3/t12-,13+/m1/s1. The van der Waals surface area contributed by atoms with Crippen molar-refractivity contribution in [3.63, 3.8) is 0 Å². The van der Waals surface area contributed by atoms with Crippen molar-refractivity contribution in [3.05, 3.63) is 18.1 Å². The lowest BCUT2D eigenvalue weighted by Crippen LogP contribution is -2.44. The smallest absolute Gasteiger partial charge is 0.425 e. The van der Waals surface area contributed by atoms with Gasteiger partial charge in [-0.3, -0.25) is 4.98 Å². The van der Waals surface area contributed by atoms with Crippen molar-refractivity contribution >= 4 is 18.0 Å². The highest BCUT2D eigenvalue weighted by Gasteiger charge is 2.34. The summed E-state index contributed by atoms with van der Waals surface area (Å²) in [6.07, 6.45) is 3.00. The number of aliphatic hydroxyl groups excluding tert-OH is 1. The first-order chi connectivity index (χ1) is 12.4. The highest BCUT2D eigenvalue weighted by atomic mass is 16.6. The Labute approximate surface area is 159 Å². The highest BCUT2D eigenvalue weighted by Crippen LogP contribution is 2.33. The minimum absolute atomic E-state index is 0.0285. The number of hydrogen-bond acceptors (Lipinski definition) is 7. The van der Waals surface area contributed by atoms with E-state index in [2.05, 4.69) is 9.97 Å². The third kappa shape index (κ3) is 6.16. The number of carbonyl (C=O) groups is 2. The fourth-order valence-corrected chi connectivity index (χ4v) is 2.76. The van der Waals surface area contributed by atoms with Crippen molar-refractivity contribution in [2.45, 2.75) is 84.0 Å². The maximum atomic E-state index is 12.6. The molecule has 1 saturated carbocycles. The molecule has 2 amide bonds. The molecular formula is C19H29N3O5. The Hall–Kier alpha value is -2.22. The van der Waals surface area contributed by atoms with Gasteiger partial charge in [0, 0.05) is 5.92 Å². The molecule has 1 aliphatic carbocycles. The second-order valence-corrected chi connectivity index (χ2v) is 8.76. The second-order valence-electron chi connectivity index (χ2n) is 8.76. The lowest BCUT2D eigenvalue weighted by molar-refractivity contribution is 0.0429. The van der Waals surface area contributed by atoms with Gasteiger partial charge in [0.05, 0.1) is 24.2 Å². The molecule has 8 nitrogen and oxygen atoms in total. The average Bonchev–Trinajstić information content (AvgIpc) is 2.91. The number of aromatic nitrogens is 2. The van der Waals surface area contributed by atoms with Crippen molar-refractivity contribution in [2.24, 2.45) is 0 Å². The van der Waals surface area contributed by atoms with Crippen LogP contribution < -0.4 is 4.90 Å². The molecule has 0 aliphatic heterocycles. The number of nitrogens with zero attached hydrogens (tertiary/aromatic N) is 3. The minimum Gasteiger partial charge on any atom is -0.443 e. The van der Waals surface area contributed by atoms with Gasteiger partial charge < -0.3 is 14.6 Å². The zero-order valence-corrected chi connectivity index (χ0v) is 16.9. The van der Waals surface area contributed by atoms with Gasteiger partial charge in [0.1, 0.15) is 11.2 Å². The van der Waals surface area contributed by atoms with Crippen molar-refractivity contribution in [3.8, 4) is 0 Å². The van der Waals surface area contributed by atoms with Gasteiger partial charge >= 0.3 is 12.2 Å². The molecule has 150 valence electrons. The van der Waals surface area contributed by atoms with Crippen molar-refractivity contribution in [1.29, 1.82) is 0 Å². The Bertz CT molecular complexity index is 648. The zero-order chi connectivity index (χ0) is 20.4. The number of aliphatic hydroxyl groups is 1. The van der Waals surface area contributed by atoms with Gasteiger partial charge in [0.25, 0.3) is 0 Å². The summed E-state index contributed by atoms with van der Waals surface area (Å²) in [4.78, 5) is 34.5. The number of anilines is 1. The van der Waals surface area contributed by atoms with Crippen molar-refractivity contribution < 1.29 is 24.2 Å². The summed E-state index contributed by atoms with van der Waals surface area (Å²) in [5.74, 6) is 0.152. The number of rotatable bonds is 2. The molecule has 1 fully saturated rings. The largest absolute Gasteiger partial charge is 0.443 e. The Kier molecular flexibility index (Phi) is 6.09. The molecular weight excluding hydrogens is 350 g/mol. The van der Waals surface area contributed by atoms with Gasteiger partial charge in [0.2, 0.25) is 0 Å². The zero-order valence-electron chi connectivity index (χ0n) is 16.9. The quantitative estimate of drug-likeness (QED) is 0.834. The summed E-state index contributed by atoms with van der Waals surface area (Å²) in [7, 11) is 0. The molecule has 1 aliphatic rings. The van der Waals surface area contributed by atoms with Gasteiger partial charge in [-0.15, -0.1) is 0 Å². The summed E-state index contributed by atoms with van der Waals surface area (Å²) < 4.78 is 10.6. The van der Waals surface area contributed by atoms with E-state index in [0.29, 0.717) is 6.42 Å². The van der Waals surface area contributed by atoms with E-state index in [-0.39, 0.29) is 17.8 Å². The first-order valence-electron chi connectivity index (χ1n) is 9.12. The summed E-state index contributed by atoms with van der Waals surface area (Å²) in [5, 5.41) is 9.69. The topological polar surface area (TPSA) is 102 Å². The molecule has 0 radical (unpaired) electrons. The summed E-state index contributed by atoms with van der Waals surface area (Å²) in [6, 6.07) is 0.